The summed E-state index contributed by atoms with van der Waals surface area (Å²) in [5, 5.41) is 11.8. The minimum absolute atomic E-state index is 0.227. The second-order valence-electron chi connectivity index (χ2n) is 7.01. The molecule has 4 aromatic rings. The Morgan fingerprint density at radius 1 is 1.06 bits per heavy atom. The van der Waals surface area contributed by atoms with Gasteiger partial charge in [-0.1, -0.05) is 65.8 Å². The van der Waals surface area contributed by atoms with Crippen LogP contribution in [0, 0.1) is 0 Å². The molecule has 9 heteroatoms. The van der Waals surface area contributed by atoms with Crippen LogP contribution in [-0.4, -0.2) is 27.4 Å². The zero-order chi connectivity index (χ0) is 23.2. The predicted octanol–water partition coefficient (Wildman–Crippen LogP) is 5.18. The number of halogens is 1. The molecule has 1 unspecified atom stereocenters. The number of rotatable bonds is 8. The van der Waals surface area contributed by atoms with Gasteiger partial charge in [0.2, 0.25) is 11.1 Å². The predicted molar refractivity (Wildman–Crippen MR) is 132 cm³/mol. The molecule has 0 bridgehead atoms. The van der Waals surface area contributed by atoms with E-state index in [0.717, 1.165) is 11.1 Å². The van der Waals surface area contributed by atoms with Crippen LogP contribution in [0.4, 0.5) is 5.69 Å². The van der Waals surface area contributed by atoms with E-state index in [0.29, 0.717) is 34.0 Å². The van der Waals surface area contributed by atoms with E-state index in [1.807, 2.05) is 67.6 Å². The Labute approximate surface area is 200 Å². The Morgan fingerprint density at radius 2 is 1.76 bits per heavy atom. The second-order valence-corrected chi connectivity index (χ2v) is 8.52. The van der Waals surface area contributed by atoms with Gasteiger partial charge in [-0.2, -0.15) is 0 Å². The highest BCUT2D eigenvalue weighted by molar-refractivity contribution is 8.00. The van der Waals surface area contributed by atoms with Gasteiger partial charge in [0.05, 0.1) is 12.3 Å². The Balaban J connectivity index is 1.63. The number of ether oxygens (including phenoxy) is 1. The van der Waals surface area contributed by atoms with Gasteiger partial charge in [0.1, 0.15) is 11.0 Å². The Bertz CT molecular complexity index is 1230. The number of thioether (sulfide) groups is 1. The van der Waals surface area contributed by atoms with E-state index in [4.69, 9.17) is 22.2 Å². The molecule has 33 heavy (non-hydrogen) atoms. The Kier molecular flexibility index (Phi) is 7.16. The van der Waals surface area contributed by atoms with Crippen LogP contribution in [0.5, 0.6) is 5.75 Å². The molecular formula is C24H22ClN5O2S. The summed E-state index contributed by atoms with van der Waals surface area (Å²) in [6.45, 7) is 2.39. The van der Waals surface area contributed by atoms with E-state index in [9.17, 15) is 4.79 Å². The Hall–Kier alpha value is -3.49. The number of amides is 1. The van der Waals surface area contributed by atoms with Crippen molar-refractivity contribution < 1.29 is 9.53 Å². The van der Waals surface area contributed by atoms with Gasteiger partial charge >= 0.3 is 0 Å². The van der Waals surface area contributed by atoms with Gasteiger partial charge in [0.25, 0.3) is 0 Å². The molecule has 3 N–H and O–H groups in total. The number of nitrogen functional groups attached to an aromatic ring is 1. The smallest absolute Gasteiger partial charge is 0.242 e. The van der Waals surface area contributed by atoms with Crippen molar-refractivity contribution in [3.8, 4) is 17.1 Å². The van der Waals surface area contributed by atoms with Crippen LogP contribution in [0.1, 0.15) is 17.7 Å². The molecule has 3 aromatic carbocycles. The van der Waals surface area contributed by atoms with Crippen molar-refractivity contribution in [2.24, 2.45) is 0 Å². The highest BCUT2D eigenvalue weighted by Gasteiger charge is 2.26. The number of aromatic nitrogens is 3. The van der Waals surface area contributed by atoms with Crippen molar-refractivity contribution in [1.29, 1.82) is 0 Å². The van der Waals surface area contributed by atoms with E-state index in [2.05, 4.69) is 15.5 Å². The van der Waals surface area contributed by atoms with Crippen molar-refractivity contribution >= 4 is 35.0 Å². The third-order valence-electron chi connectivity index (χ3n) is 4.78. The van der Waals surface area contributed by atoms with Gasteiger partial charge in [-0.05, 0) is 48.9 Å². The van der Waals surface area contributed by atoms with Crippen molar-refractivity contribution in [3.63, 3.8) is 0 Å². The van der Waals surface area contributed by atoms with Crippen molar-refractivity contribution in [2.75, 3.05) is 17.8 Å². The highest BCUT2D eigenvalue weighted by atomic mass is 35.5. The first kappa shape index (κ1) is 22.7. The first-order valence-corrected chi connectivity index (χ1v) is 11.5. The average molecular weight is 480 g/mol. The normalized spacial score (nSPS) is 11.7. The lowest BCUT2D eigenvalue weighted by Gasteiger charge is -2.18. The van der Waals surface area contributed by atoms with Gasteiger partial charge in [-0.3, -0.25) is 4.79 Å². The van der Waals surface area contributed by atoms with Crippen molar-refractivity contribution in [3.05, 3.63) is 89.4 Å². The molecule has 1 heterocycles. The molecule has 168 valence electrons. The number of nitrogens with zero attached hydrogens (tertiary/aromatic N) is 3. The summed E-state index contributed by atoms with van der Waals surface area (Å²) in [7, 11) is 0. The third kappa shape index (κ3) is 5.30. The highest BCUT2D eigenvalue weighted by Crippen LogP contribution is 2.37. The van der Waals surface area contributed by atoms with Crippen LogP contribution < -0.4 is 15.9 Å². The second kappa shape index (κ2) is 10.4. The minimum Gasteiger partial charge on any atom is -0.492 e. The number of anilines is 1. The van der Waals surface area contributed by atoms with Crippen LogP contribution in [0.15, 0.2) is 84.0 Å². The van der Waals surface area contributed by atoms with Crippen LogP contribution in [-0.2, 0) is 4.79 Å². The fraction of sp³-hybridized carbons (Fsp3) is 0.125. The lowest BCUT2D eigenvalue weighted by Crippen LogP contribution is -2.21. The summed E-state index contributed by atoms with van der Waals surface area (Å²) < 4.78 is 7.02. The molecule has 0 aliphatic carbocycles. The standard InChI is InChI=1S/C24H22ClN5O2S/c1-2-32-20-11-7-6-10-19(20)27-23(31)21(16-8-4-3-5-9-16)33-24-29-28-22(30(24)26)17-12-14-18(25)15-13-17/h3-15,21H,2,26H2,1H3,(H,27,31). The van der Waals surface area contributed by atoms with Gasteiger partial charge in [0, 0.05) is 10.6 Å². The molecule has 0 saturated heterocycles. The van der Waals surface area contributed by atoms with Crippen LogP contribution >= 0.6 is 23.4 Å². The maximum atomic E-state index is 13.4. The topological polar surface area (TPSA) is 95.1 Å². The molecule has 0 saturated carbocycles. The molecule has 0 aliphatic rings. The van der Waals surface area contributed by atoms with E-state index < -0.39 is 5.25 Å². The summed E-state index contributed by atoms with van der Waals surface area (Å²) in [5.74, 6) is 7.16. The van der Waals surface area contributed by atoms with Gasteiger partial charge in [0.15, 0.2) is 5.82 Å². The molecular weight excluding hydrogens is 458 g/mol. The van der Waals surface area contributed by atoms with Gasteiger partial charge in [-0.15, -0.1) is 10.2 Å². The summed E-state index contributed by atoms with van der Waals surface area (Å²) in [6.07, 6.45) is 0. The SMILES string of the molecule is CCOc1ccccc1NC(=O)C(Sc1nnc(-c2ccc(Cl)cc2)n1N)c1ccccc1. The fourth-order valence-corrected chi connectivity index (χ4v) is 4.29. The fourth-order valence-electron chi connectivity index (χ4n) is 3.21. The van der Waals surface area contributed by atoms with Crippen molar-refractivity contribution in [2.45, 2.75) is 17.3 Å². The number of nitrogens with one attached hydrogen (secondary N) is 1. The average Bonchev–Trinajstić information content (AvgIpc) is 3.20. The molecule has 0 spiro atoms. The maximum absolute atomic E-state index is 13.4. The number of para-hydroxylation sites is 2. The number of hydrogen-bond donors (Lipinski definition) is 2. The molecule has 1 atom stereocenters. The molecule has 1 amide bonds. The van der Waals surface area contributed by atoms with Gasteiger partial charge < -0.3 is 15.9 Å². The molecule has 7 nitrogen and oxygen atoms in total. The molecule has 1 aromatic heterocycles. The first-order valence-electron chi connectivity index (χ1n) is 10.3. The van der Waals surface area contributed by atoms with E-state index >= 15 is 0 Å². The number of benzene rings is 3. The minimum atomic E-state index is -0.620. The van der Waals surface area contributed by atoms with E-state index in [1.165, 1.54) is 16.4 Å². The summed E-state index contributed by atoms with van der Waals surface area (Å²) >= 11 is 7.20. The monoisotopic (exact) mass is 479 g/mol. The summed E-state index contributed by atoms with van der Waals surface area (Å²) in [4.78, 5) is 13.4. The zero-order valence-corrected chi connectivity index (χ0v) is 19.4. The first-order chi connectivity index (χ1) is 16.1. The Morgan fingerprint density at radius 3 is 2.48 bits per heavy atom. The largest absolute Gasteiger partial charge is 0.492 e. The summed E-state index contributed by atoms with van der Waals surface area (Å²) in [5.41, 5.74) is 2.18. The van der Waals surface area contributed by atoms with E-state index in [1.54, 1.807) is 18.2 Å². The third-order valence-corrected chi connectivity index (χ3v) is 6.24. The quantitative estimate of drug-likeness (QED) is 0.267. The van der Waals surface area contributed by atoms with Crippen LogP contribution in [0.2, 0.25) is 5.02 Å². The summed E-state index contributed by atoms with van der Waals surface area (Å²) in [6, 6.07) is 23.9. The molecule has 4 rings (SSSR count). The number of hydrogen-bond acceptors (Lipinski definition) is 6. The maximum Gasteiger partial charge on any atom is 0.242 e. The lowest BCUT2D eigenvalue weighted by atomic mass is 10.1. The molecule has 0 radical (unpaired) electrons. The van der Waals surface area contributed by atoms with E-state index in [-0.39, 0.29) is 5.91 Å². The van der Waals surface area contributed by atoms with Crippen LogP contribution in [0.25, 0.3) is 11.4 Å². The molecule has 0 aliphatic heterocycles. The molecule has 0 fully saturated rings. The number of nitrogens with two attached hydrogens (primary N) is 1. The van der Waals surface area contributed by atoms with Crippen LogP contribution in [0.3, 0.4) is 0 Å². The van der Waals surface area contributed by atoms with Gasteiger partial charge in [-0.25, -0.2) is 4.68 Å². The number of carbonyl (C=O) groups is 1. The van der Waals surface area contributed by atoms with Crippen molar-refractivity contribution in [1.82, 2.24) is 14.9 Å². The zero-order valence-electron chi connectivity index (χ0n) is 17.8. The lowest BCUT2D eigenvalue weighted by molar-refractivity contribution is -0.115. The number of carbonyl (C=O) groups excluding carboxylic acids is 1.